The molecule has 2 aliphatic carbocycles. The maximum atomic E-state index is 6.90. The van der Waals surface area contributed by atoms with E-state index in [-0.39, 0.29) is 10.8 Å². The molecule has 86 heavy (non-hydrogen) atoms. The Labute approximate surface area is 528 Å². The molecule has 0 fully saturated rings. The van der Waals surface area contributed by atoms with Gasteiger partial charge in [0.1, 0.15) is 11.5 Å². The van der Waals surface area contributed by atoms with Gasteiger partial charge in [-0.2, -0.15) is 0 Å². The largest absolute Gasteiger partial charge is 0.492 e. The van der Waals surface area contributed by atoms with Crippen LogP contribution in [0.25, 0.3) is 22.3 Å². The van der Waals surface area contributed by atoms with Crippen molar-refractivity contribution in [3.63, 3.8) is 0 Å². The quantitative estimate of drug-likeness (QED) is 0.0286. The van der Waals surface area contributed by atoms with Crippen molar-refractivity contribution in [2.24, 2.45) is 0 Å². The van der Waals surface area contributed by atoms with E-state index in [0.29, 0.717) is 13.2 Å². The van der Waals surface area contributed by atoms with Crippen LogP contribution in [-0.4, -0.2) is 13.2 Å². The van der Waals surface area contributed by atoms with Crippen molar-refractivity contribution in [2.45, 2.75) is 309 Å². The van der Waals surface area contributed by atoms with Crippen LogP contribution in [0.3, 0.4) is 0 Å². The third kappa shape index (κ3) is 19.9. The fraction of sp³-hybridized carbons (Fsp3) is 0.595. The van der Waals surface area contributed by atoms with Gasteiger partial charge >= 0.3 is 0 Å². The van der Waals surface area contributed by atoms with Gasteiger partial charge in [-0.25, -0.2) is 0 Å². The van der Waals surface area contributed by atoms with E-state index in [2.05, 4.69) is 162 Å². The third-order valence-corrected chi connectivity index (χ3v) is 19.6. The molecular formula is C84H118O2. The van der Waals surface area contributed by atoms with Crippen LogP contribution in [0.2, 0.25) is 0 Å². The first-order chi connectivity index (χ1) is 42.5. The van der Waals surface area contributed by atoms with E-state index in [1.807, 2.05) is 0 Å². The second kappa shape index (κ2) is 39.0. The lowest BCUT2D eigenvalue weighted by Gasteiger charge is -2.33. The molecule has 7 rings (SSSR count). The summed E-state index contributed by atoms with van der Waals surface area (Å²) < 4.78 is 13.8. The summed E-state index contributed by atoms with van der Waals surface area (Å²) in [7, 11) is 0. The normalized spacial score (nSPS) is 13.1. The van der Waals surface area contributed by atoms with Crippen LogP contribution in [0.5, 0.6) is 11.5 Å². The first kappa shape index (κ1) is 68.3. The zero-order valence-corrected chi connectivity index (χ0v) is 55.8. The van der Waals surface area contributed by atoms with Gasteiger partial charge in [0.2, 0.25) is 0 Å². The third-order valence-electron chi connectivity index (χ3n) is 19.6. The van der Waals surface area contributed by atoms with Crippen LogP contribution in [-0.2, 0) is 10.8 Å². The maximum absolute atomic E-state index is 6.90. The van der Waals surface area contributed by atoms with Crippen LogP contribution >= 0.6 is 0 Å². The fourth-order valence-corrected chi connectivity index (χ4v) is 14.6. The second-order valence-corrected chi connectivity index (χ2v) is 26.4. The number of hydrogen-bond acceptors (Lipinski definition) is 2. The van der Waals surface area contributed by atoms with Crippen molar-refractivity contribution in [1.82, 2.24) is 0 Å². The zero-order valence-electron chi connectivity index (χ0n) is 55.8. The van der Waals surface area contributed by atoms with E-state index in [4.69, 9.17) is 9.47 Å². The first-order valence-corrected chi connectivity index (χ1v) is 36.4. The van der Waals surface area contributed by atoms with Gasteiger partial charge in [0.15, 0.2) is 0 Å². The van der Waals surface area contributed by atoms with Gasteiger partial charge in [0.25, 0.3) is 0 Å². The second-order valence-electron chi connectivity index (χ2n) is 26.4. The topological polar surface area (TPSA) is 18.5 Å². The highest BCUT2D eigenvalue weighted by Crippen LogP contribution is 2.56. The van der Waals surface area contributed by atoms with Crippen molar-refractivity contribution < 1.29 is 9.47 Å². The van der Waals surface area contributed by atoms with Crippen molar-refractivity contribution in [1.29, 1.82) is 0 Å². The summed E-state index contributed by atoms with van der Waals surface area (Å²) in [5, 5.41) is 0. The average molecular weight is 1160 g/mol. The standard InChI is InChI=1S/C84H118O2/c1-7-13-19-25-31-41-59-83(60-42-32-26-20-14-8-2)77-49-39-37-47-73(77)75-57-53-69(65-79(75)83)51-55-71-67-82(86-64-46-36-30-24-18-12-6)72(68-81(71)85-63-45-35-29-23-17-11-5)56-52-70-54-58-76-74-48-38-40-50-78(74)84(80(76)66-70,61-43-33-27-21-15-9-3)62-44-34-28-22-16-10-4/h37-40,47-50,53-54,57-58,65-68H,7-36,41-46,59-64H2,1-6H3. The summed E-state index contributed by atoms with van der Waals surface area (Å²) in [6.45, 7) is 15.2. The Morgan fingerprint density at radius 2 is 0.547 bits per heavy atom. The average Bonchev–Trinajstić information content (AvgIpc) is 1.61. The van der Waals surface area contributed by atoms with Gasteiger partial charge in [-0.15, -0.1) is 0 Å². The lowest BCUT2D eigenvalue weighted by Crippen LogP contribution is -2.25. The van der Waals surface area contributed by atoms with Gasteiger partial charge in [-0.1, -0.05) is 344 Å². The Hall–Kier alpha value is -5.18. The molecule has 0 unspecified atom stereocenters. The van der Waals surface area contributed by atoms with Crippen molar-refractivity contribution in [2.75, 3.05) is 13.2 Å². The van der Waals surface area contributed by atoms with E-state index < -0.39 is 0 Å². The van der Waals surface area contributed by atoms with Gasteiger partial charge < -0.3 is 9.47 Å². The predicted octanol–water partition coefficient (Wildman–Crippen LogP) is 25.5. The molecule has 0 saturated heterocycles. The number of ether oxygens (including phenoxy) is 2. The molecule has 0 radical (unpaired) electrons. The highest BCUT2D eigenvalue weighted by atomic mass is 16.5. The summed E-state index contributed by atoms with van der Waals surface area (Å²) in [4.78, 5) is 0. The Kier molecular flexibility index (Phi) is 30.9. The molecule has 0 N–H and O–H groups in total. The van der Waals surface area contributed by atoms with Crippen molar-refractivity contribution in [3.05, 3.63) is 142 Å². The van der Waals surface area contributed by atoms with E-state index >= 15 is 0 Å². The molecule has 0 spiro atoms. The van der Waals surface area contributed by atoms with E-state index in [1.54, 1.807) is 11.1 Å². The van der Waals surface area contributed by atoms with Gasteiger partial charge in [0.05, 0.1) is 24.3 Å². The lowest BCUT2D eigenvalue weighted by molar-refractivity contribution is 0.295. The summed E-state index contributed by atoms with van der Waals surface area (Å²) in [5.41, 5.74) is 15.7. The molecule has 0 atom stereocenters. The molecular weight excluding hydrogens is 1040 g/mol. The van der Waals surface area contributed by atoms with Gasteiger partial charge in [-0.3, -0.25) is 0 Å². The van der Waals surface area contributed by atoms with E-state index in [1.165, 1.54) is 277 Å². The monoisotopic (exact) mass is 1160 g/mol. The van der Waals surface area contributed by atoms with Crippen molar-refractivity contribution >= 4 is 0 Å². The number of rotatable bonds is 44. The van der Waals surface area contributed by atoms with Crippen LogP contribution in [0, 0.1) is 23.7 Å². The Bertz CT molecular complexity index is 2630. The predicted molar refractivity (Wildman–Crippen MR) is 373 cm³/mol. The summed E-state index contributed by atoms with van der Waals surface area (Å²) >= 11 is 0. The molecule has 2 heteroatoms. The summed E-state index contributed by atoms with van der Waals surface area (Å²) in [6.07, 6.45) is 50.9. The molecule has 466 valence electrons. The minimum atomic E-state index is 0.00841. The van der Waals surface area contributed by atoms with E-state index in [0.717, 1.165) is 46.6 Å². The van der Waals surface area contributed by atoms with Gasteiger partial charge in [0, 0.05) is 34.1 Å². The molecule has 2 aliphatic rings. The van der Waals surface area contributed by atoms with Gasteiger partial charge in [-0.05, 0) is 107 Å². The van der Waals surface area contributed by atoms with Crippen LogP contribution < -0.4 is 9.47 Å². The number of unbranched alkanes of at least 4 members (excludes halogenated alkanes) is 30. The highest BCUT2D eigenvalue weighted by Gasteiger charge is 2.43. The first-order valence-electron chi connectivity index (χ1n) is 36.4. The molecule has 0 bridgehead atoms. The molecule has 5 aromatic carbocycles. The van der Waals surface area contributed by atoms with Crippen LogP contribution in [0.4, 0.5) is 0 Å². The lowest BCUT2D eigenvalue weighted by atomic mass is 9.70. The molecule has 0 saturated carbocycles. The van der Waals surface area contributed by atoms with E-state index in [9.17, 15) is 0 Å². The molecule has 2 nitrogen and oxygen atoms in total. The van der Waals surface area contributed by atoms with Crippen LogP contribution in [0.1, 0.15) is 343 Å². The fourth-order valence-electron chi connectivity index (χ4n) is 14.6. The number of benzene rings is 5. The highest BCUT2D eigenvalue weighted by molar-refractivity contribution is 5.83. The number of fused-ring (bicyclic) bond motifs is 6. The molecule has 0 amide bonds. The molecule has 0 aliphatic heterocycles. The summed E-state index contributed by atoms with van der Waals surface area (Å²) in [6, 6.07) is 37.5. The molecule has 0 heterocycles. The summed E-state index contributed by atoms with van der Waals surface area (Å²) in [5.74, 6) is 16.7. The number of hydrogen-bond donors (Lipinski definition) is 0. The smallest absolute Gasteiger partial charge is 0.136 e. The zero-order chi connectivity index (χ0) is 60.3. The van der Waals surface area contributed by atoms with Crippen molar-refractivity contribution in [3.8, 4) is 57.4 Å². The minimum absolute atomic E-state index is 0.00841. The minimum Gasteiger partial charge on any atom is -0.492 e. The SMILES string of the molecule is CCCCCCCCOc1cc(C#Cc2ccc3c(c2)C(CCCCCCCC)(CCCCCCCC)c2ccccc2-3)c(OCCCCCCCC)cc1C#Cc1ccc2c(c1)C(CCCCCCCC)(CCCCCCCC)c1ccccc1-2. The Morgan fingerprint density at radius 1 is 0.267 bits per heavy atom. The molecule has 0 aromatic heterocycles. The Morgan fingerprint density at radius 3 is 0.872 bits per heavy atom. The maximum Gasteiger partial charge on any atom is 0.136 e. The Balaban J connectivity index is 1.27. The van der Waals surface area contributed by atoms with Crippen LogP contribution in [0.15, 0.2) is 97.1 Å². The molecule has 5 aromatic rings.